The van der Waals surface area contributed by atoms with Gasteiger partial charge in [-0.3, -0.25) is 4.79 Å². The van der Waals surface area contributed by atoms with E-state index in [1.165, 1.54) is 16.9 Å². The number of nitrogens with two attached hydrogens (primary N) is 1. The molecule has 1 amide bonds. The molecule has 2 N–H and O–H groups in total. The van der Waals surface area contributed by atoms with E-state index in [4.69, 9.17) is 5.73 Å². The van der Waals surface area contributed by atoms with Crippen molar-refractivity contribution in [1.82, 2.24) is 19.9 Å². The van der Waals surface area contributed by atoms with Crippen molar-refractivity contribution in [2.75, 3.05) is 18.8 Å². The molecule has 5 rings (SSSR count). The Morgan fingerprint density at radius 3 is 3.04 bits per heavy atom. The third-order valence-electron chi connectivity index (χ3n) is 5.58. The van der Waals surface area contributed by atoms with Crippen LogP contribution in [0, 0.1) is 0 Å². The molecule has 138 valence electrons. The number of nitrogens with zero attached hydrogens (tertiary/aromatic N) is 4. The maximum absolute atomic E-state index is 13.1. The molecule has 1 saturated heterocycles. The Kier molecular flexibility index (Phi) is 3.98. The lowest BCUT2D eigenvalue weighted by molar-refractivity contribution is 0.0628. The van der Waals surface area contributed by atoms with Crippen molar-refractivity contribution in [2.24, 2.45) is 0 Å². The Morgan fingerprint density at radius 1 is 1.26 bits per heavy atom. The van der Waals surface area contributed by atoms with Crippen molar-refractivity contribution >= 4 is 34.5 Å². The van der Waals surface area contributed by atoms with Crippen molar-refractivity contribution in [3.05, 3.63) is 46.0 Å². The number of carbonyl (C=O) groups is 1. The highest BCUT2D eigenvalue weighted by Gasteiger charge is 2.45. The summed E-state index contributed by atoms with van der Waals surface area (Å²) in [6.45, 7) is 1.45. The van der Waals surface area contributed by atoms with E-state index < -0.39 is 0 Å². The lowest BCUT2D eigenvalue weighted by Gasteiger charge is -2.40. The number of nitrogen functional groups attached to an aromatic ring is 1. The number of hydrogen-bond donors (Lipinski definition) is 1. The molecule has 27 heavy (non-hydrogen) atoms. The zero-order valence-corrected chi connectivity index (χ0v) is 16.4. The highest BCUT2D eigenvalue weighted by molar-refractivity contribution is 7.20. The summed E-state index contributed by atoms with van der Waals surface area (Å²) in [4.78, 5) is 29.5. The van der Waals surface area contributed by atoms with Crippen LogP contribution in [0.5, 0.6) is 0 Å². The van der Waals surface area contributed by atoms with Gasteiger partial charge in [0.15, 0.2) is 0 Å². The smallest absolute Gasteiger partial charge is 0.273 e. The summed E-state index contributed by atoms with van der Waals surface area (Å²) in [6.07, 6.45) is 5.81. The Morgan fingerprint density at radius 2 is 2.19 bits per heavy atom. The number of anilines is 1. The van der Waals surface area contributed by atoms with Gasteiger partial charge in [0.25, 0.3) is 5.91 Å². The zero-order chi connectivity index (χ0) is 18.4. The van der Waals surface area contributed by atoms with Crippen LogP contribution in [0.1, 0.15) is 41.0 Å². The quantitative estimate of drug-likeness (QED) is 0.717. The molecular formula is C19H19N5OS2. The first-order valence-corrected chi connectivity index (χ1v) is 10.8. The Balaban J connectivity index is 1.41. The molecule has 0 saturated carbocycles. The average molecular weight is 398 g/mol. The van der Waals surface area contributed by atoms with E-state index >= 15 is 0 Å². The van der Waals surface area contributed by atoms with E-state index in [1.54, 1.807) is 11.3 Å². The number of piperidine rings is 1. The molecule has 0 bridgehead atoms. The second-order valence-corrected chi connectivity index (χ2v) is 9.03. The van der Waals surface area contributed by atoms with Gasteiger partial charge in [-0.25, -0.2) is 15.0 Å². The van der Waals surface area contributed by atoms with Gasteiger partial charge in [-0.15, -0.1) is 22.7 Å². The molecule has 1 aliphatic carbocycles. The number of amides is 1. The summed E-state index contributed by atoms with van der Waals surface area (Å²) in [5, 5.41) is 4.81. The Labute approximate surface area is 165 Å². The lowest BCUT2D eigenvalue weighted by Crippen LogP contribution is -2.48. The molecule has 6 nitrogen and oxygen atoms in total. The summed E-state index contributed by atoms with van der Waals surface area (Å²) in [7, 11) is 0. The number of carbonyl (C=O) groups excluding carboxylic acids is 1. The molecule has 0 aromatic carbocycles. The monoisotopic (exact) mass is 397 g/mol. The van der Waals surface area contributed by atoms with Gasteiger partial charge in [-0.2, -0.15) is 0 Å². The number of hydrogen-bond acceptors (Lipinski definition) is 7. The topological polar surface area (TPSA) is 85.0 Å². The fourth-order valence-electron chi connectivity index (χ4n) is 4.30. The predicted molar refractivity (Wildman–Crippen MR) is 107 cm³/mol. The SMILES string of the molecule is Nc1ncc2c(n1)C1(CCCN(C(=O)c3csc(-c4cccs4)n3)C1)CC2. The maximum atomic E-state index is 13.1. The molecule has 8 heteroatoms. The van der Waals surface area contributed by atoms with Crippen LogP contribution in [0.2, 0.25) is 0 Å². The highest BCUT2D eigenvalue weighted by atomic mass is 32.1. The highest BCUT2D eigenvalue weighted by Crippen LogP contribution is 2.44. The third-order valence-corrected chi connectivity index (χ3v) is 7.46. The van der Waals surface area contributed by atoms with Gasteiger partial charge < -0.3 is 10.6 Å². The van der Waals surface area contributed by atoms with Crippen LogP contribution < -0.4 is 5.73 Å². The predicted octanol–water partition coefficient (Wildman–Crippen LogP) is 3.36. The van der Waals surface area contributed by atoms with Gasteiger partial charge in [0.2, 0.25) is 5.95 Å². The Hall–Kier alpha value is -2.32. The molecule has 4 heterocycles. The van der Waals surface area contributed by atoms with E-state index in [1.807, 2.05) is 34.0 Å². The first-order valence-electron chi connectivity index (χ1n) is 9.05. The van der Waals surface area contributed by atoms with Crippen LogP contribution in [0.25, 0.3) is 9.88 Å². The largest absolute Gasteiger partial charge is 0.368 e. The van der Waals surface area contributed by atoms with E-state index in [2.05, 4.69) is 15.0 Å². The second-order valence-electron chi connectivity index (χ2n) is 7.23. The third kappa shape index (κ3) is 2.83. The number of likely N-dealkylation sites (tertiary alicyclic amines) is 1. The number of aromatic nitrogens is 3. The average Bonchev–Trinajstić information content (AvgIpc) is 3.42. The van der Waals surface area contributed by atoms with Crippen molar-refractivity contribution in [2.45, 2.75) is 31.1 Å². The van der Waals surface area contributed by atoms with Gasteiger partial charge in [0.05, 0.1) is 10.6 Å². The number of aryl methyl sites for hydroxylation is 1. The van der Waals surface area contributed by atoms with Crippen molar-refractivity contribution in [1.29, 1.82) is 0 Å². The maximum Gasteiger partial charge on any atom is 0.273 e. The van der Waals surface area contributed by atoms with E-state index in [0.29, 0.717) is 18.2 Å². The zero-order valence-electron chi connectivity index (χ0n) is 14.7. The molecule has 1 spiro atoms. The van der Waals surface area contributed by atoms with Gasteiger partial charge >= 0.3 is 0 Å². The van der Waals surface area contributed by atoms with Gasteiger partial charge in [-0.05, 0) is 42.7 Å². The molecule has 1 atom stereocenters. The summed E-state index contributed by atoms with van der Waals surface area (Å²) in [6, 6.07) is 4.04. The van der Waals surface area contributed by atoms with Crippen molar-refractivity contribution in [3.8, 4) is 9.88 Å². The van der Waals surface area contributed by atoms with Crippen LogP contribution in [-0.4, -0.2) is 38.8 Å². The number of fused-ring (bicyclic) bond motifs is 2. The normalized spacial score (nSPS) is 21.6. The van der Waals surface area contributed by atoms with E-state index in [-0.39, 0.29) is 11.3 Å². The minimum atomic E-state index is -0.0904. The van der Waals surface area contributed by atoms with Crippen molar-refractivity contribution in [3.63, 3.8) is 0 Å². The van der Waals surface area contributed by atoms with Gasteiger partial charge in [0.1, 0.15) is 10.7 Å². The van der Waals surface area contributed by atoms with Crippen LogP contribution in [0.15, 0.2) is 29.1 Å². The van der Waals surface area contributed by atoms with E-state index in [9.17, 15) is 4.79 Å². The van der Waals surface area contributed by atoms with Gasteiger partial charge in [-0.1, -0.05) is 6.07 Å². The summed E-state index contributed by atoms with van der Waals surface area (Å²) >= 11 is 3.17. The van der Waals surface area contributed by atoms with E-state index in [0.717, 1.165) is 47.8 Å². The number of thiophene rings is 1. The molecule has 1 fully saturated rings. The number of rotatable bonds is 2. The standard InChI is InChI=1S/C19H19N5OS2/c20-18-21-9-12-4-6-19(15(12)23-18)5-2-7-24(11-19)17(25)13-10-27-16(22-13)14-3-1-8-26-14/h1,3,8-10H,2,4-7,11H2,(H2,20,21,23). The fraction of sp³-hybridized carbons (Fsp3) is 0.368. The minimum Gasteiger partial charge on any atom is -0.368 e. The van der Waals surface area contributed by atoms with Gasteiger partial charge in [0, 0.05) is 30.1 Å². The lowest BCUT2D eigenvalue weighted by atomic mass is 9.77. The Bertz CT molecular complexity index is 995. The molecule has 1 aliphatic heterocycles. The fourth-order valence-corrected chi connectivity index (χ4v) is 5.91. The molecular weight excluding hydrogens is 378 g/mol. The summed E-state index contributed by atoms with van der Waals surface area (Å²) < 4.78 is 0. The molecule has 3 aromatic heterocycles. The molecule has 0 radical (unpaired) electrons. The first kappa shape index (κ1) is 16.8. The molecule has 3 aromatic rings. The second kappa shape index (κ2) is 6.38. The van der Waals surface area contributed by atoms with Crippen LogP contribution in [0.3, 0.4) is 0 Å². The summed E-state index contributed by atoms with van der Waals surface area (Å²) in [5.41, 5.74) is 8.52. The van der Waals surface area contributed by atoms with Crippen LogP contribution in [0.4, 0.5) is 5.95 Å². The molecule has 1 unspecified atom stereocenters. The van der Waals surface area contributed by atoms with Crippen molar-refractivity contribution < 1.29 is 4.79 Å². The van der Waals surface area contributed by atoms with Crippen LogP contribution in [-0.2, 0) is 11.8 Å². The van der Waals surface area contributed by atoms with Crippen LogP contribution >= 0.6 is 22.7 Å². The number of thiazole rings is 1. The minimum absolute atomic E-state index is 0.0172. The summed E-state index contributed by atoms with van der Waals surface area (Å²) in [5.74, 6) is 0.335. The first-order chi connectivity index (χ1) is 13.1. The molecule has 2 aliphatic rings.